The number of hydrogen-bond acceptors (Lipinski definition) is 6. The Labute approximate surface area is 160 Å². The Balaban J connectivity index is 0.000000552. The summed E-state index contributed by atoms with van der Waals surface area (Å²) in [5, 5.41) is 12.2. The van der Waals surface area contributed by atoms with Gasteiger partial charge in [-0.2, -0.15) is 5.10 Å². The largest absolute Gasteiger partial charge is 0.352 e. The van der Waals surface area contributed by atoms with Crippen molar-refractivity contribution in [1.82, 2.24) is 19.7 Å². The maximum atomic E-state index is 12.1. The molecule has 2 aromatic heterocycles. The van der Waals surface area contributed by atoms with Crippen LogP contribution in [0.25, 0.3) is 11.0 Å². The van der Waals surface area contributed by atoms with Crippen molar-refractivity contribution in [2.24, 2.45) is 5.14 Å². The monoisotopic (exact) mass is 418 g/mol. The number of aromatic nitrogens is 4. The lowest BCUT2D eigenvalue weighted by molar-refractivity contribution is 0.616. The van der Waals surface area contributed by atoms with Crippen LogP contribution < -0.4 is 16.0 Å². The third kappa shape index (κ3) is 5.18. The van der Waals surface area contributed by atoms with Crippen LogP contribution in [-0.2, 0) is 24.0 Å². The van der Waals surface area contributed by atoms with Crippen LogP contribution in [0.3, 0.4) is 0 Å². The number of thiol groups is 1. The van der Waals surface area contributed by atoms with Gasteiger partial charge >= 0.3 is 0 Å². The molecule has 3 aromatic rings. The van der Waals surface area contributed by atoms with E-state index in [1.54, 1.807) is 23.0 Å². The minimum absolute atomic E-state index is 0.221. The maximum Gasteiger partial charge on any atom is 0.278 e. The molecule has 0 aliphatic rings. The van der Waals surface area contributed by atoms with Crippen LogP contribution in [-0.4, -0.2) is 28.2 Å². The smallest absolute Gasteiger partial charge is 0.278 e. The number of aryl methyl sites for hydroxylation is 1. The summed E-state index contributed by atoms with van der Waals surface area (Å²) in [6.07, 6.45) is 1.58. The molecule has 1 aromatic carbocycles. The van der Waals surface area contributed by atoms with Gasteiger partial charge in [0.15, 0.2) is 16.4 Å². The molecule has 26 heavy (non-hydrogen) atoms. The second-order valence-corrected chi connectivity index (χ2v) is 6.38. The molecule has 0 spiro atoms. The molecular formula is C14H16Cl2N6O3S. The number of hydrogen-bond donors (Lipinski definition) is 4. The first-order valence-corrected chi connectivity index (χ1v) is 9.34. The lowest BCUT2D eigenvalue weighted by Crippen LogP contribution is -2.15. The molecule has 0 bridgehead atoms. The summed E-state index contributed by atoms with van der Waals surface area (Å²) < 4.78 is 19.2. The maximum absolute atomic E-state index is 12.1. The zero-order valence-electron chi connectivity index (χ0n) is 13.6. The second-order valence-electron chi connectivity index (χ2n) is 5.00. The molecule has 0 atom stereocenters. The van der Waals surface area contributed by atoms with Gasteiger partial charge in [0.2, 0.25) is 5.95 Å². The molecule has 3 rings (SSSR count). The van der Waals surface area contributed by atoms with Crippen LogP contribution in [0, 0.1) is 0 Å². The first kappa shape index (κ1) is 20.2. The summed E-state index contributed by atoms with van der Waals surface area (Å²) in [5.74, 6) is 0.388. The average molecular weight is 419 g/mol. The molecule has 0 fully saturated rings. The highest BCUT2D eigenvalue weighted by molar-refractivity contribution is 7.69. The van der Waals surface area contributed by atoms with Crippen molar-refractivity contribution in [3.8, 4) is 0 Å². The second kappa shape index (κ2) is 8.99. The summed E-state index contributed by atoms with van der Waals surface area (Å²) in [5.41, 5.74) is 1.74. The van der Waals surface area contributed by atoms with Crippen LogP contribution in [0.2, 0.25) is 10.0 Å². The van der Waals surface area contributed by atoms with Crippen LogP contribution in [0.4, 0.5) is 5.95 Å². The van der Waals surface area contributed by atoms with E-state index in [4.69, 9.17) is 31.6 Å². The van der Waals surface area contributed by atoms with Gasteiger partial charge in [0, 0.05) is 13.1 Å². The number of rotatable bonds is 4. The van der Waals surface area contributed by atoms with Crippen molar-refractivity contribution in [3.05, 3.63) is 50.4 Å². The van der Waals surface area contributed by atoms with Crippen LogP contribution in [0.1, 0.15) is 12.5 Å². The fourth-order valence-electron chi connectivity index (χ4n) is 2.16. The highest BCUT2D eigenvalue weighted by Gasteiger charge is 2.09. The molecule has 0 aliphatic carbocycles. The van der Waals surface area contributed by atoms with E-state index in [0.29, 0.717) is 40.1 Å². The third-order valence-electron chi connectivity index (χ3n) is 3.24. The topological polar surface area (TPSA) is 136 Å². The normalized spacial score (nSPS) is 10.7. The number of nitrogens with two attached hydrogens (primary N) is 1. The molecular weight excluding hydrogens is 403 g/mol. The molecule has 12 heteroatoms. The first-order valence-electron chi connectivity index (χ1n) is 7.34. The van der Waals surface area contributed by atoms with Gasteiger partial charge in [-0.05, 0) is 24.6 Å². The van der Waals surface area contributed by atoms with E-state index in [2.05, 4.69) is 25.5 Å². The van der Waals surface area contributed by atoms with Crippen molar-refractivity contribution >= 4 is 51.1 Å². The van der Waals surface area contributed by atoms with E-state index in [1.165, 1.54) is 0 Å². The fourth-order valence-corrected chi connectivity index (χ4v) is 2.49. The van der Waals surface area contributed by atoms with Gasteiger partial charge < -0.3 is 5.32 Å². The fraction of sp³-hybridized carbons (Fsp3) is 0.214. The van der Waals surface area contributed by atoms with Gasteiger partial charge in [-0.3, -0.25) is 14.5 Å². The minimum atomic E-state index is -2.62. The van der Waals surface area contributed by atoms with Gasteiger partial charge in [-0.15, -0.1) is 0 Å². The summed E-state index contributed by atoms with van der Waals surface area (Å²) in [7, 11) is -2.62. The summed E-state index contributed by atoms with van der Waals surface area (Å²) in [6.45, 7) is 3.00. The molecule has 0 radical (unpaired) electrons. The summed E-state index contributed by atoms with van der Waals surface area (Å²) >= 11 is 11.9. The van der Waals surface area contributed by atoms with Crippen LogP contribution >= 0.6 is 23.2 Å². The van der Waals surface area contributed by atoms with Gasteiger partial charge in [0.1, 0.15) is 5.52 Å². The van der Waals surface area contributed by atoms with Crippen molar-refractivity contribution in [2.75, 3.05) is 5.32 Å². The lowest BCUT2D eigenvalue weighted by atomic mass is 10.2. The molecule has 0 saturated heterocycles. The van der Waals surface area contributed by atoms with E-state index in [0.717, 1.165) is 5.56 Å². The molecule has 0 saturated carbocycles. The Morgan fingerprint density at radius 1 is 1.31 bits per heavy atom. The standard InChI is InChI=1S/C14H13Cl2N5O.H3NO2S/c1-2-21-12-11(7-18-21)19-14(20-13(12)22)17-6-8-3-4-9(15)10(16)5-8;1-4(2)3/h3-5,7H,2,6H2,1H3,(H2,17,19,20,22);4H,(H2,1,2,3). The van der Waals surface area contributed by atoms with Gasteiger partial charge in [-0.25, -0.2) is 18.5 Å². The van der Waals surface area contributed by atoms with Crippen LogP contribution in [0.15, 0.2) is 29.2 Å². The number of nitrogens with one attached hydrogen (secondary N) is 2. The molecule has 0 aliphatic heterocycles. The Morgan fingerprint density at radius 3 is 2.62 bits per heavy atom. The summed E-state index contributed by atoms with van der Waals surface area (Å²) in [4.78, 5) is 19.2. The highest BCUT2D eigenvalue weighted by atomic mass is 35.5. The highest BCUT2D eigenvalue weighted by Crippen LogP contribution is 2.22. The van der Waals surface area contributed by atoms with Gasteiger partial charge in [-0.1, -0.05) is 29.3 Å². The zero-order valence-corrected chi connectivity index (χ0v) is 16.0. The molecule has 4 N–H and O–H groups in total. The van der Waals surface area contributed by atoms with Crippen molar-refractivity contribution in [2.45, 2.75) is 20.0 Å². The zero-order chi connectivity index (χ0) is 19.3. The number of fused-ring (bicyclic) bond motifs is 1. The lowest BCUT2D eigenvalue weighted by Gasteiger charge is -2.07. The number of H-pyrrole nitrogens is 1. The third-order valence-corrected chi connectivity index (χ3v) is 3.98. The minimum Gasteiger partial charge on any atom is -0.352 e. The SMILES string of the molecule is CCn1ncc2nc(NCc3ccc(Cl)c(Cl)c3)[nH]c(=O)c21.N[SH](=O)=O. The molecule has 0 unspecified atom stereocenters. The van der Waals surface area contributed by atoms with Crippen molar-refractivity contribution in [3.63, 3.8) is 0 Å². The number of anilines is 1. The number of aromatic amines is 1. The van der Waals surface area contributed by atoms with Gasteiger partial charge in [0.05, 0.1) is 16.2 Å². The predicted octanol–water partition coefficient (Wildman–Crippen LogP) is 1.53. The molecule has 9 nitrogen and oxygen atoms in total. The van der Waals surface area contributed by atoms with E-state index >= 15 is 0 Å². The molecule has 2 heterocycles. The number of benzene rings is 1. The quantitative estimate of drug-likeness (QED) is 0.474. The van der Waals surface area contributed by atoms with Crippen LogP contribution in [0.5, 0.6) is 0 Å². The van der Waals surface area contributed by atoms with E-state index < -0.39 is 10.9 Å². The van der Waals surface area contributed by atoms with E-state index in [9.17, 15) is 4.79 Å². The summed E-state index contributed by atoms with van der Waals surface area (Å²) in [6, 6.07) is 5.35. The van der Waals surface area contributed by atoms with E-state index in [1.807, 2.05) is 13.0 Å². The Kier molecular flexibility index (Phi) is 6.98. The molecule has 0 amide bonds. The number of halogens is 2. The first-order chi connectivity index (χ1) is 12.3. The van der Waals surface area contributed by atoms with Gasteiger partial charge in [0.25, 0.3) is 5.56 Å². The Bertz CT molecular complexity index is 1040. The van der Waals surface area contributed by atoms with Crippen molar-refractivity contribution in [1.29, 1.82) is 0 Å². The predicted molar refractivity (Wildman–Crippen MR) is 102 cm³/mol. The van der Waals surface area contributed by atoms with E-state index in [-0.39, 0.29) is 5.56 Å². The Morgan fingerprint density at radius 2 is 2.00 bits per heavy atom. The Hall–Kier alpha value is -2.14. The van der Waals surface area contributed by atoms with Crippen molar-refractivity contribution < 1.29 is 8.42 Å². The number of nitrogens with zero attached hydrogens (tertiary/aromatic N) is 3. The molecule has 140 valence electrons. The average Bonchev–Trinajstić information content (AvgIpc) is 2.99.